The van der Waals surface area contributed by atoms with Crippen LogP contribution in [0.4, 0.5) is 9.18 Å². The summed E-state index contributed by atoms with van der Waals surface area (Å²) in [6.07, 6.45) is 3.41. The SMILES string of the molecule is CCCC1COc2c(C3(NC(=O)OCc4ccccc4)CC3)c(F)cc3c(=O)c(C(=O)OCC)cn1c23. The molecule has 1 fully saturated rings. The van der Waals surface area contributed by atoms with Gasteiger partial charge in [0, 0.05) is 6.20 Å². The van der Waals surface area contributed by atoms with E-state index in [0.717, 1.165) is 24.5 Å². The number of hydrogen-bond donors (Lipinski definition) is 1. The second kappa shape index (κ2) is 9.88. The Morgan fingerprint density at radius 3 is 2.62 bits per heavy atom. The fourth-order valence-corrected chi connectivity index (χ4v) is 5.01. The number of ether oxygens (including phenoxy) is 3. The zero-order valence-electron chi connectivity index (χ0n) is 20.8. The second-order valence-corrected chi connectivity index (χ2v) is 9.48. The van der Waals surface area contributed by atoms with Crippen molar-refractivity contribution >= 4 is 23.0 Å². The lowest BCUT2D eigenvalue weighted by Gasteiger charge is -2.32. The Labute approximate surface area is 213 Å². The molecular weight excluding hydrogens is 479 g/mol. The highest BCUT2D eigenvalue weighted by molar-refractivity contribution is 5.96. The first kappa shape index (κ1) is 24.8. The molecule has 2 aliphatic rings. The van der Waals surface area contributed by atoms with E-state index in [1.54, 1.807) is 6.92 Å². The fraction of sp³-hybridized carbons (Fsp3) is 0.393. The predicted octanol–water partition coefficient (Wildman–Crippen LogP) is 4.97. The number of rotatable bonds is 8. The first-order valence-electron chi connectivity index (χ1n) is 12.6. The third-order valence-corrected chi connectivity index (χ3v) is 6.94. The third-order valence-electron chi connectivity index (χ3n) is 6.94. The van der Waals surface area contributed by atoms with Gasteiger partial charge in [-0.3, -0.25) is 4.79 Å². The molecule has 1 atom stereocenters. The quantitative estimate of drug-likeness (QED) is 0.432. The standard InChI is InChI=1S/C28H29FN2O6/c1-3-8-18-16-36-25-22(28(11-12-28)30-27(34)37-15-17-9-6-5-7-10-17)21(29)13-19-23(25)31(18)14-20(24(19)32)26(33)35-4-2/h5-7,9-10,13-14,18H,3-4,8,11-12,15-16H2,1-2H3,(H,30,34). The van der Waals surface area contributed by atoms with Gasteiger partial charge in [0.15, 0.2) is 5.75 Å². The fourth-order valence-electron chi connectivity index (χ4n) is 5.01. The summed E-state index contributed by atoms with van der Waals surface area (Å²) in [4.78, 5) is 38.5. The van der Waals surface area contributed by atoms with Gasteiger partial charge in [0.1, 0.15) is 24.6 Å². The van der Waals surface area contributed by atoms with Gasteiger partial charge >= 0.3 is 12.1 Å². The van der Waals surface area contributed by atoms with Crippen molar-refractivity contribution in [2.75, 3.05) is 13.2 Å². The van der Waals surface area contributed by atoms with Crippen LogP contribution in [-0.2, 0) is 21.6 Å². The van der Waals surface area contributed by atoms with Gasteiger partial charge in [-0.05, 0) is 37.8 Å². The van der Waals surface area contributed by atoms with Gasteiger partial charge in [-0.2, -0.15) is 0 Å². The molecule has 1 saturated carbocycles. The highest BCUT2D eigenvalue weighted by Crippen LogP contribution is 2.53. The van der Waals surface area contributed by atoms with Crippen molar-refractivity contribution in [1.82, 2.24) is 9.88 Å². The van der Waals surface area contributed by atoms with E-state index in [0.29, 0.717) is 18.4 Å². The lowest BCUT2D eigenvalue weighted by atomic mass is 9.96. The summed E-state index contributed by atoms with van der Waals surface area (Å²) < 4.78 is 34.1. The number of amides is 1. The maximum absolute atomic E-state index is 15.7. The van der Waals surface area contributed by atoms with Crippen LogP contribution < -0.4 is 15.5 Å². The normalized spacial score (nSPS) is 17.1. The summed E-state index contributed by atoms with van der Waals surface area (Å²) in [5.41, 5.74) is -0.300. The van der Waals surface area contributed by atoms with Crippen LogP contribution in [0.15, 0.2) is 47.4 Å². The molecule has 1 aromatic heterocycles. The molecule has 1 amide bonds. The first-order valence-corrected chi connectivity index (χ1v) is 12.6. The summed E-state index contributed by atoms with van der Waals surface area (Å²) in [7, 11) is 0. The molecule has 2 aromatic carbocycles. The van der Waals surface area contributed by atoms with Crippen molar-refractivity contribution in [3.63, 3.8) is 0 Å². The number of esters is 1. The summed E-state index contributed by atoms with van der Waals surface area (Å²) in [6.45, 7) is 4.13. The molecule has 0 bridgehead atoms. The molecule has 1 unspecified atom stereocenters. The number of benzene rings is 2. The summed E-state index contributed by atoms with van der Waals surface area (Å²) >= 11 is 0. The highest BCUT2D eigenvalue weighted by atomic mass is 19.1. The van der Waals surface area contributed by atoms with E-state index in [9.17, 15) is 14.4 Å². The van der Waals surface area contributed by atoms with E-state index in [1.165, 1.54) is 6.20 Å². The van der Waals surface area contributed by atoms with Crippen molar-refractivity contribution < 1.29 is 28.2 Å². The Bertz CT molecular complexity index is 1410. The van der Waals surface area contributed by atoms with Gasteiger partial charge in [0.25, 0.3) is 0 Å². The molecule has 1 aliphatic carbocycles. The van der Waals surface area contributed by atoms with E-state index >= 15 is 4.39 Å². The zero-order valence-corrected chi connectivity index (χ0v) is 20.8. The Morgan fingerprint density at radius 2 is 1.95 bits per heavy atom. The van der Waals surface area contributed by atoms with Gasteiger partial charge in [0.05, 0.1) is 34.7 Å². The molecule has 1 aliphatic heterocycles. The monoisotopic (exact) mass is 508 g/mol. The molecule has 37 heavy (non-hydrogen) atoms. The maximum atomic E-state index is 15.7. The molecule has 5 rings (SSSR count). The van der Waals surface area contributed by atoms with E-state index in [-0.39, 0.29) is 48.1 Å². The molecule has 0 saturated heterocycles. The first-order chi connectivity index (χ1) is 17.9. The maximum Gasteiger partial charge on any atom is 0.408 e. The molecule has 2 heterocycles. The highest BCUT2D eigenvalue weighted by Gasteiger charge is 2.51. The van der Waals surface area contributed by atoms with Crippen LogP contribution in [0.25, 0.3) is 10.9 Å². The number of carbonyl (C=O) groups excluding carboxylic acids is 2. The number of carbonyl (C=O) groups is 2. The Morgan fingerprint density at radius 1 is 1.19 bits per heavy atom. The molecule has 1 N–H and O–H groups in total. The minimum absolute atomic E-state index is 0.0464. The lowest BCUT2D eigenvalue weighted by Crippen LogP contribution is -2.37. The van der Waals surface area contributed by atoms with E-state index < -0.39 is 28.8 Å². The Balaban J connectivity index is 1.56. The minimum atomic E-state index is -1.00. The van der Waals surface area contributed by atoms with Gasteiger partial charge in [-0.25, -0.2) is 14.0 Å². The van der Waals surface area contributed by atoms with Crippen LogP contribution in [0.1, 0.15) is 67.1 Å². The minimum Gasteiger partial charge on any atom is -0.489 e. The van der Waals surface area contributed by atoms with Crippen molar-refractivity contribution in [3.05, 3.63) is 75.3 Å². The Hall–Kier alpha value is -3.88. The number of halogens is 1. The predicted molar refractivity (Wildman–Crippen MR) is 134 cm³/mol. The number of hydrogen-bond acceptors (Lipinski definition) is 6. The second-order valence-electron chi connectivity index (χ2n) is 9.48. The molecule has 0 spiro atoms. The van der Waals surface area contributed by atoms with Gasteiger partial charge in [0.2, 0.25) is 5.43 Å². The third kappa shape index (κ3) is 4.54. The lowest BCUT2D eigenvalue weighted by molar-refractivity contribution is 0.0523. The van der Waals surface area contributed by atoms with E-state index in [4.69, 9.17) is 14.2 Å². The molecule has 0 radical (unpaired) electrons. The average molecular weight is 509 g/mol. The average Bonchev–Trinajstić information content (AvgIpc) is 3.66. The zero-order chi connectivity index (χ0) is 26.2. The van der Waals surface area contributed by atoms with Gasteiger partial charge in [-0.15, -0.1) is 0 Å². The molecular formula is C28H29FN2O6. The van der Waals surface area contributed by atoms with Gasteiger partial charge < -0.3 is 24.1 Å². The van der Waals surface area contributed by atoms with Crippen molar-refractivity contribution in [1.29, 1.82) is 0 Å². The van der Waals surface area contributed by atoms with Crippen molar-refractivity contribution in [2.24, 2.45) is 0 Å². The van der Waals surface area contributed by atoms with Crippen LogP contribution in [0.2, 0.25) is 0 Å². The van der Waals surface area contributed by atoms with Crippen LogP contribution >= 0.6 is 0 Å². The number of nitrogens with zero attached hydrogens (tertiary/aromatic N) is 1. The molecule has 194 valence electrons. The van der Waals surface area contributed by atoms with E-state index in [2.05, 4.69) is 5.32 Å². The van der Waals surface area contributed by atoms with Crippen LogP contribution in [-0.4, -0.2) is 29.8 Å². The number of alkyl carbamates (subject to hydrolysis) is 1. The smallest absolute Gasteiger partial charge is 0.408 e. The van der Waals surface area contributed by atoms with Crippen LogP contribution in [0, 0.1) is 5.82 Å². The number of nitrogens with one attached hydrogen (secondary N) is 1. The van der Waals surface area contributed by atoms with Crippen molar-refractivity contribution in [3.8, 4) is 5.75 Å². The largest absolute Gasteiger partial charge is 0.489 e. The van der Waals surface area contributed by atoms with Crippen LogP contribution in [0.3, 0.4) is 0 Å². The number of pyridine rings is 1. The summed E-state index contributed by atoms with van der Waals surface area (Å²) in [6, 6.07) is 10.3. The summed E-state index contributed by atoms with van der Waals surface area (Å²) in [5.74, 6) is -1.20. The number of aromatic nitrogens is 1. The van der Waals surface area contributed by atoms with E-state index in [1.807, 2.05) is 41.8 Å². The molecule has 8 nitrogen and oxygen atoms in total. The van der Waals surface area contributed by atoms with Crippen molar-refractivity contribution in [2.45, 2.75) is 57.7 Å². The summed E-state index contributed by atoms with van der Waals surface area (Å²) in [5, 5.41) is 2.88. The molecule has 9 heteroatoms. The van der Waals surface area contributed by atoms with Gasteiger partial charge in [-0.1, -0.05) is 43.7 Å². The topological polar surface area (TPSA) is 95.9 Å². The Kier molecular flexibility index (Phi) is 6.62. The molecule has 3 aromatic rings. The van der Waals surface area contributed by atoms with Crippen LogP contribution in [0.5, 0.6) is 5.75 Å².